The Hall–Kier alpha value is -0.280. The van der Waals surface area contributed by atoms with Crippen LogP contribution in [0.1, 0.15) is 32.1 Å². The van der Waals surface area contributed by atoms with Crippen LogP contribution in [0.15, 0.2) is 0 Å². The average molecular weight is 220 g/mol. The van der Waals surface area contributed by atoms with Crippen molar-refractivity contribution in [2.45, 2.75) is 38.1 Å². The van der Waals surface area contributed by atoms with Gasteiger partial charge in [-0.25, -0.2) is 0 Å². The molecule has 3 nitrogen and oxygen atoms in total. The molecule has 0 radical (unpaired) electrons. The molecule has 1 aliphatic rings. The first-order valence-corrected chi connectivity index (χ1v) is 5.79. The van der Waals surface area contributed by atoms with E-state index in [-0.39, 0.29) is 6.04 Å². The van der Waals surface area contributed by atoms with E-state index in [1.54, 1.807) is 0 Å². The van der Waals surface area contributed by atoms with Gasteiger partial charge in [0.25, 0.3) is 0 Å². The standard InChI is InChI=1S/C10H18ClNO2/c11-6-1-2-8-3-4-9(10(13)14)12-7-5-8/h8-9,12H,1-7H2,(H,13,14). The molecule has 4 heteroatoms. The highest BCUT2D eigenvalue weighted by Gasteiger charge is 2.22. The van der Waals surface area contributed by atoms with Crippen LogP contribution in [0.3, 0.4) is 0 Å². The largest absolute Gasteiger partial charge is 0.480 e. The van der Waals surface area contributed by atoms with Crippen LogP contribution in [0.5, 0.6) is 0 Å². The minimum atomic E-state index is -0.719. The van der Waals surface area contributed by atoms with Gasteiger partial charge in [-0.2, -0.15) is 0 Å². The first-order chi connectivity index (χ1) is 6.74. The number of halogens is 1. The fourth-order valence-corrected chi connectivity index (χ4v) is 2.13. The number of rotatable bonds is 4. The second-order valence-corrected chi connectivity index (χ2v) is 4.29. The van der Waals surface area contributed by atoms with Crippen LogP contribution in [0, 0.1) is 5.92 Å². The van der Waals surface area contributed by atoms with Crippen LogP contribution in [0.25, 0.3) is 0 Å². The molecule has 0 aromatic carbocycles. The Balaban J connectivity index is 2.29. The topological polar surface area (TPSA) is 49.3 Å². The van der Waals surface area contributed by atoms with Crippen molar-refractivity contribution in [3.05, 3.63) is 0 Å². The van der Waals surface area contributed by atoms with E-state index in [0.717, 1.165) is 38.6 Å². The lowest BCUT2D eigenvalue weighted by Crippen LogP contribution is -2.35. The molecule has 1 fully saturated rings. The zero-order valence-electron chi connectivity index (χ0n) is 8.34. The van der Waals surface area contributed by atoms with Gasteiger partial charge in [0.2, 0.25) is 0 Å². The number of hydrogen-bond donors (Lipinski definition) is 2. The molecule has 1 aliphatic heterocycles. The van der Waals surface area contributed by atoms with Gasteiger partial charge in [0.1, 0.15) is 6.04 Å². The number of nitrogens with one attached hydrogen (secondary N) is 1. The maximum Gasteiger partial charge on any atom is 0.320 e. The van der Waals surface area contributed by atoms with Crippen molar-refractivity contribution in [3.63, 3.8) is 0 Å². The molecule has 0 spiro atoms. The third-order valence-corrected chi connectivity index (χ3v) is 3.12. The van der Waals surface area contributed by atoms with E-state index < -0.39 is 5.97 Å². The number of carbonyl (C=O) groups is 1. The van der Waals surface area contributed by atoms with Gasteiger partial charge in [-0.05, 0) is 44.6 Å². The lowest BCUT2D eigenvalue weighted by Gasteiger charge is -2.11. The predicted octanol–water partition coefficient (Wildman–Crippen LogP) is 1.85. The van der Waals surface area contributed by atoms with Gasteiger partial charge in [-0.1, -0.05) is 0 Å². The van der Waals surface area contributed by atoms with E-state index in [1.165, 1.54) is 0 Å². The molecular formula is C10H18ClNO2. The number of aliphatic carboxylic acids is 1. The fraction of sp³-hybridized carbons (Fsp3) is 0.900. The highest BCUT2D eigenvalue weighted by molar-refractivity contribution is 6.17. The molecule has 0 aromatic rings. The first-order valence-electron chi connectivity index (χ1n) is 5.26. The van der Waals surface area contributed by atoms with Crippen LogP contribution >= 0.6 is 11.6 Å². The highest BCUT2D eigenvalue weighted by Crippen LogP contribution is 2.21. The molecule has 82 valence electrons. The molecule has 14 heavy (non-hydrogen) atoms. The van der Waals surface area contributed by atoms with Crippen LogP contribution < -0.4 is 5.32 Å². The monoisotopic (exact) mass is 219 g/mol. The molecule has 1 rings (SSSR count). The molecule has 2 N–H and O–H groups in total. The Bertz CT molecular complexity index is 187. The SMILES string of the molecule is O=C(O)C1CCC(CCCCl)CCN1. The van der Waals surface area contributed by atoms with Crippen molar-refractivity contribution in [2.75, 3.05) is 12.4 Å². The molecule has 1 heterocycles. The highest BCUT2D eigenvalue weighted by atomic mass is 35.5. The summed E-state index contributed by atoms with van der Waals surface area (Å²) >= 11 is 5.63. The van der Waals surface area contributed by atoms with E-state index in [2.05, 4.69) is 5.32 Å². The minimum absolute atomic E-state index is 0.337. The summed E-state index contributed by atoms with van der Waals surface area (Å²) in [6.45, 7) is 0.823. The van der Waals surface area contributed by atoms with Gasteiger partial charge < -0.3 is 10.4 Å². The molecule has 1 saturated heterocycles. The molecule has 0 saturated carbocycles. The van der Waals surface area contributed by atoms with Crippen molar-refractivity contribution in [3.8, 4) is 0 Å². The molecular weight excluding hydrogens is 202 g/mol. The van der Waals surface area contributed by atoms with Crippen LogP contribution in [0.4, 0.5) is 0 Å². The summed E-state index contributed by atoms with van der Waals surface area (Å²) in [7, 11) is 0. The summed E-state index contributed by atoms with van der Waals surface area (Å²) in [5.74, 6) is 0.653. The van der Waals surface area contributed by atoms with Crippen LogP contribution in [-0.4, -0.2) is 29.5 Å². The van der Waals surface area contributed by atoms with Gasteiger partial charge in [0.15, 0.2) is 0 Å². The first kappa shape index (κ1) is 11.8. The normalized spacial score (nSPS) is 28.4. The van der Waals surface area contributed by atoms with Gasteiger partial charge in [-0.15, -0.1) is 11.6 Å². The molecule has 0 bridgehead atoms. The summed E-state index contributed by atoms with van der Waals surface area (Å²) in [5.41, 5.74) is 0. The van der Waals surface area contributed by atoms with E-state index in [4.69, 9.17) is 16.7 Å². The number of carboxylic acid groups (broad SMARTS) is 1. The molecule has 0 amide bonds. The lowest BCUT2D eigenvalue weighted by molar-refractivity contribution is -0.139. The Morgan fingerprint density at radius 3 is 2.86 bits per heavy atom. The van der Waals surface area contributed by atoms with Gasteiger partial charge in [0.05, 0.1) is 0 Å². The molecule has 0 aromatic heterocycles. The van der Waals surface area contributed by atoms with Crippen molar-refractivity contribution < 1.29 is 9.90 Å². The minimum Gasteiger partial charge on any atom is -0.480 e. The van der Waals surface area contributed by atoms with Gasteiger partial charge in [0, 0.05) is 5.88 Å². The fourth-order valence-electron chi connectivity index (χ4n) is 1.98. The predicted molar refractivity (Wildman–Crippen MR) is 56.7 cm³/mol. The smallest absolute Gasteiger partial charge is 0.320 e. The average Bonchev–Trinajstić information content (AvgIpc) is 2.39. The van der Waals surface area contributed by atoms with Crippen LogP contribution in [-0.2, 0) is 4.79 Å². The summed E-state index contributed by atoms with van der Waals surface area (Å²) in [5, 5.41) is 11.9. The molecule has 2 unspecified atom stereocenters. The summed E-state index contributed by atoms with van der Waals surface area (Å²) in [6, 6.07) is -0.337. The summed E-state index contributed by atoms with van der Waals surface area (Å²) in [4.78, 5) is 10.7. The zero-order chi connectivity index (χ0) is 10.4. The van der Waals surface area contributed by atoms with Gasteiger partial charge >= 0.3 is 5.97 Å². The Kier molecular flexibility index (Phi) is 5.26. The second kappa shape index (κ2) is 6.25. The number of hydrogen-bond acceptors (Lipinski definition) is 2. The molecule has 2 atom stereocenters. The van der Waals surface area contributed by atoms with Crippen molar-refractivity contribution in [1.29, 1.82) is 0 Å². The Morgan fingerprint density at radius 1 is 1.43 bits per heavy atom. The Morgan fingerprint density at radius 2 is 2.21 bits per heavy atom. The number of alkyl halides is 1. The van der Waals surface area contributed by atoms with Crippen LogP contribution in [0.2, 0.25) is 0 Å². The second-order valence-electron chi connectivity index (χ2n) is 3.91. The van der Waals surface area contributed by atoms with E-state index >= 15 is 0 Å². The Labute approximate surface area is 89.8 Å². The summed E-state index contributed by atoms with van der Waals surface area (Å²) in [6.07, 6.45) is 5.03. The van der Waals surface area contributed by atoms with E-state index in [9.17, 15) is 4.79 Å². The van der Waals surface area contributed by atoms with Crippen molar-refractivity contribution in [2.24, 2.45) is 5.92 Å². The van der Waals surface area contributed by atoms with E-state index in [0.29, 0.717) is 11.8 Å². The third-order valence-electron chi connectivity index (χ3n) is 2.85. The summed E-state index contributed by atoms with van der Waals surface area (Å²) < 4.78 is 0. The van der Waals surface area contributed by atoms with E-state index in [1.807, 2.05) is 0 Å². The quantitative estimate of drug-likeness (QED) is 0.710. The maximum absolute atomic E-state index is 10.7. The third kappa shape index (κ3) is 3.84. The molecule has 0 aliphatic carbocycles. The lowest BCUT2D eigenvalue weighted by atomic mass is 9.94. The number of carboxylic acids is 1. The zero-order valence-corrected chi connectivity index (χ0v) is 9.09. The van der Waals surface area contributed by atoms with Crippen molar-refractivity contribution in [1.82, 2.24) is 5.32 Å². The van der Waals surface area contributed by atoms with Crippen molar-refractivity contribution >= 4 is 17.6 Å². The maximum atomic E-state index is 10.7. The van der Waals surface area contributed by atoms with Gasteiger partial charge in [-0.3, -0.25) is 4.79 Å².